The first-order valence-electron chi connectivity index (χ1n) is 21.0. The van der Waals surface area contributed by atoms with E-state index >= 15 is 0 Å². The lowest BCUT2D eigenvalue weighted by Crippen LogP contribution is -2.38. The second-order valence-corrected chi connectivity index (χ2v) is 19.5. The molecule has 0 radical (unpaired) electrons. The normalized spacial score (nSPS) is 14.1. The van der Waals surface area contributed by atoms with Crippen molar-refractivity contribution >= 4 is 72.9 Å². The van der Waals surface area contributed by atoms with E-state index < -0.39 is 0 Å². The Kier molecular flexibility index (Phi) is 7.26. The lowest BCUT2D eigenvalue weighted by molar-refractivity contribution is 0.590. The van der Waals surface area contributed by atoms with Crippen LogP contribution < -0.4 is 16.2 Å². The summed E-state index contributed by atoms with van der Waals surface area (Å²) in [5.41, 5.74) is 19.6. The third-order valence-electron chi connectivity index (χ3n) is 13.4. The summed E-state index contributed by atoms with van der Waals surface area (Å²) in [6.45, 7) is 18.7. The third-order valence-corrected chi connectivity index (χ3v) is 13.4. The fraction of sp³-hybridized carbons (Fsp3) is 0.200. The Bertz CT molecular complexity index is 3220. The van der Waals surface area contributed by atoms with E-state index in [0.717, 1.165) is 18.7 Å². The van der Waals surface area contributed by atoms with Gasteiger partial charge in [0.1, 0.15) is 0 Å². The number of hydrogen-bond acceptors (Lipinski definition) is 1. The Balaban J connectivity index is 1.19. The number of hydrogen-bond donors (Lipinski definition) is 1. The van der Waals surface area contributed by atoms with E-state index in [1.54, 1.807) is 0 Å². The monoisotopic (exact) mass is 748 g/mol. The summed E-state index contributed by atoms with van der Waals surface area (Å²) < 4.78 is 2.60. The van der Waals surface area contributed by atoms with Crippen LogP contribution in [0.4, 0.5) is 11.4 Å². The van der Waals surface area contributed by atoms with Gasteiger partial charge in [0.15, 0.2) is 7.28 Å². The standard InChI is InChI=1S/C55H49BN2/c1-53(2,3)35-21-24-48-41(28-35)42-29-36(54(4,5)6)30-46-52(42)58(48)49-27-34-17-11-12-18-38(34)50(51(49)56-46)43-25-32-15-9-10-16-33(32)26-47(43)57-37-22-23-45-40(31-37)39-19-13-14-20-44(39)55(45,7)8/h9-31,56-57H,1-8H3. The van der Waals surface area contributed by atoms with E-state index in [2.05, 4.69) is 205 Å². The number of rotatable bonds is 3. The zero-order chi connectivity index (χ0) is 39.9. The summed E-state index contributed by atoms with van der Waals surface area (Å²) in [5.74, 6) is 0. The van der Waals surface area contributed by atoms with Crippen molar-refractivity contribution in [2.45, 2.75) is 71.6 Å². The molecule has 0 saturated carbocycles. The second kappa shape index (κ2) is 12.0. The van der Waals surface area contributed by atoms with Crippen molar-refractivity contribution in [3.8, 4) is 27.9 Å². The topological polar surface area (TPSA) is 17.0 Å². The molecule has 0 spiro atoms. The third kappa shape index (κ3) is 5.11. The van der Waals surface area contributed by atoms with Crippen LogP contribution >= 0.6 is 0 Å². The molecule has 8 aromatic carbocycles. The molecule has 0 amide bonds. The molecule has 58 heavy (non-hydrogen) atoms. The summed E-state index contributed by atoms with van der Waals surface area (Å²) in [6.07, 6.45) is 0. The Morgan fingerprint density at radius 3 is 1.98 bits per heavy atom. The van der Waals surface area contributed by atoms with E-state index in [-0.39, 0.29) is 16.2 Å². The summed E-state index contributed by atoms with van der Waals surface area (Å²) in [6, 6.07) is 53.2. The van der Waals surface area contributed by atoms with Crippen LogP contribution in [-0.4, -0.2) is 11.8 Å². The summed E-state index contributed by atoms with van der Waals surface area (Å²) in [7, 11) is 0.856. The minimum absolute atomic E-state index is 0.00820. The highest BCUT2D eigenvalue weighted by molar-refractivity contribution is 6.74. The molecule has 2 nitrogen and oxygen atoms in total. The van der Waals surface area contributed by atoms with Crippen LogP contribution in [0.2, 0.25) is 0 Å². The molecule has 0 unspecified atom stereocenters. The molecule has 1 aliphatic carbocycles. The van der Waals surface area contributed by atoms with Gasteiger partial charge in [-0.1, -0.05) is 152 Å². The summed E-state index contributed by atoms with van der Waals surface area (Å²) in [4.78, 5) is 0. The quantitative estimate of drug-likeness (QED) is 0.178. The number of nitrogens with zero attached hydrogens (tertiary/aromatic N) is 1. The molecule has 1 aromatic heterocycles. The molecule has 282 valence electrons. The van der Waals surface area contributed by atoms with Crippen molar-refractivity contribution in [3.63, 3.8) is 0 Å². The van der Waals surface area contributed by atoms with Gasteiger partial charge in [0.05, 0.1) is 5.52 Å². The van der Waals surface area contributed by atoms with Crippen LogP contribution in [0, 0.1) is 0 Å². The maximum absolute atomic E-state index is 4.03. The van der Waals surface area contributed by atoms with Gasteiger partial charge >= 0.3 is 0 Å². The van der Waals surface area contributed by atoms with Crippen LogP contribution in [0.3, 0.4) is 0 Å². The molecule has 3 heteroatoms. The Labute approximate surface area is 342 Å². The first-order chi connectivity index (χ1) is 27.8. The van der Waals surface area contributed by atoms with Crippen molar-refractivity contribution < 1.29 is 0 Å². The maximum atomic E-state index is 4.03. The van der Waals surface area contributed by atoms with Gasteiger partial charge < -0.3 is 9.88 Å². The van der Waals surface area contributed by atoms with Gasteiger partial charge in [-0.2, -0.15) is 0 Å². The zero-order valence-electron chi connectivity index (χ0n) is 34.9. The summed E-state index contributed by atoms with van der Waals surface area (Å²) in [5, 5.41) is 11.7. The van der Waals surface area contributed by atoms with Crippen molar-refractivity contribution in [3.05, 3.63) is 162 Å². The molecule has 1 aliphatic heterocycles. The molecule has 1 N–H and O–H groups in total. The van der Waals surface area contributed by atoms with Gasteiger partial charge in [0.2, 0.25) is 0 Å². The van der Waals surface area contributed by atoms with Gasteiger partial charge in [-0.25, -0.2) is 0 Å². The molecule has 0 saturated heterocycles. The first-order valence-corrected chi connectivity index (χ1v) is 21.0. The molecule has 9 aromatic rings. The van der Waals surface area contributed by atoms with Gasteiger partial charge in [0.25, 0.3) is 0 Å². The Morgan fingerprint density at radius 2 is 1.21 bits per heavy atom. The van der Waals surface area contributed by atoms with Crippen LogP contribution in [0.15, 0.2) is 140 Å². The molecule has 11 rings (SSSR count). The smallest absolute Gasteiger partial charge is 0.198 e. The Morgan fingerprint density at radius 1 is 0.534 bits per heavy atom. The number of nitrogens with one attached hydrogen (secondary N) is 1. The van der Waals surface area contributed by atoms with E-state index in [1.807, 2.05) is 0 Å². The van der Waals surface area contributed by atoms with Gasteiger partial charge in [-0.05, 0) is 125 Å². The van der Waals surface area contributed by atoms with Gasteiger partial charge in [0, 0.05) is 44.3 Å². The van der Waals surface area contributed by atoms with Crippen molar-refractivity contribution in [2.24, 2.45) is 0 Å². The van der Waals surface area contributed by atoms with Crippen molar-refractivity contribution in [2.75, 3.05) is 5.32 Å². The van der Waals surface area contributed by atoms with E-state index in [1.165, 1.54) is 104 Å². The largest absolute Gasteiger partial charge is 0.355 e. The number of benzene rings is 8. The average Bonchev–Trinajstić information content (AvgIpc) is 3.65. The average molecular weight is 749 g/mol. The van der Waals surface area contributed by atoms with Gasteiger partial charge in [-0.15, -0.1) is 0 Å². The molecule has 2 heterocycles. The predicted octanol–water partition coefficient (Wildman–Crippen LogP) is 13.1. The number of fused-ring (bicyclic) bond motifs is 10. The van der Waals surface area contributed by atoms with Crippen LogP contribution in [0.1, 0.15) is 77.6 Å². The minimum atomic E-state index is -0.0356. The maximum Gasteiger partial charge on any atom is 0.198 e. The summed E-state index contributed by atoms with van der Waals surface area (Å²) >= 11 is 0. The van der Waals surface area contributed by atoms with Crippen molar-refractivity contribution in [1.82, 2.24) is 4.57 Å². The number of anilines is 2. The highest BCUT2D eigenvalue weighted by Crippen LogP contribution is 2.50. The fourth-order valence-corrected chi connectivity index (χ4v) is 10.3. The van der Waals surface area contributed by atoms with Crippen LogP contribution in [-0.2, 0) is 16.2 Å². The predicted molar refractivity (Wildman–Crippen MR) is 252 cm³/mol. The molecule has 0 fully saturated rings. The van der Waals surface area contributed by atoms with E-state index in [0.29, 0.717) is 0 Å². The lowest BCUT2D eigenvalue weighted by Gasteiger charge is -2.28. The second-order valence-electron chi connectivity index (χ2n) is 19.5. The fourth-order valence-electron chi connectivity index (χ4n) is 10.3. The van der Waals surface area contributed by atoms with Crippen LogP contribution in [0.5, 0.6) is 0 Å². The molecule has 0 bridgehead atoms. The van der Waals surface area contributed by atoms with E-state index in [9.17, 15) is 0 Å². The van der Waals surface area contributed by atoms with Gasteiger partial charge in [-0.3, -0.25) is 0 Å². The molecule has 2 aliphatic rings. The SMILES string of the molecule is CC(C)(C)c1ccc2c(c1)c1cc(C(C)(C)C)cc3c1n2-c1cc2ccccc2c(-c2cc4ccccc4cc2Nc2ccc4c(c2)-c2ccccc2C4(C)C)c1B3. The van der Waals surface area contributed by atoms with Crippen molar-refractivity contribution in [1.29, 1.82) is 0 Å². The first kappa shape index (κ1) is 35.1. The highest BCUT2D eigenvalue weighted by atomic mass is 15.0. The Hall–Kier alpha value is -6.06. The van der Waals surface area contributed by atoms with Crippen LogP contribution in [0.25, 0.3) is 71.3 Å². The molecular weight excluding hydrogens is 699 g/mol. The van der Waals surface area contributed by atoms with E-state index in [4.69, 9.17) is 0 Å². The zero-order valence-corrected chi connectivity index (χ0v) is 34.9. The highest BCUT2D eigenvalue weighted by Gasteiger charge is 2.35. The minimum Gasteiger partial charge on any atom is -0.355 e. The lowest BCUT2D eigenvalue weighted by atomic mass is 9.57. The number of aromatic nitrogens is 1. The molecular formula is C55H49BN2. The molecule has 0 atom stereocenters.